The molecule has 0 bridgehead atoms. The van der Waals surface area contributed by atoms with Gasteiger partial charge < -0.3 is 5.11 Å². The quantitative estimate of drug-likeness (QED) is 0.713. The molecule has 2 rings (SSSR count). The second-order valence-electron chi connectivity index (χ2n) is 4.00. The topological polar surface area (TPSA) is 52.9 Å². The van der Waals surface area contributed by atoms with Crippen LogP contribution >= 0.6 is 0 Å². The van der Waals surface area contributed by atoms with Gasteiger partial charge in [0.25, 0.3) is 0 Å². The molecule has 0 radical (unpaired) electrons. The number of carbonyl (C=O) groups is 1. The normalized spacial score (nSPS) is 32.6. The summed E-state index contributed by atoms with van der Waals surface area (Å²) in [5.74, 6) is 0.0489. The van der Waals surface area contributed by atoms with E-state index in [9.17, 15) is 9.90 Å². The predicted octanol–water partition coefficient (Wildman–Crippen LogP) is 0.898. The number of aliphatic hydroxyl groups is 1. The molecular formula is C10H16N2O2. The van der Waals surface area contributed by atoms with Crippen molar-refractivity contribution in [2.45, 2.75) is 51.2 Å². The molecule has 1 aliphatic carbocycles. The Morgan fingerprint density at radius 1 is 1.57 bits per heavy atom. The van der Waals surface area contributed by atoms with Crippen LogP contribution in [-0.4, -0.2) is 33.9 Å². The molecule has 14 heavy (non-hydrogen) atoms. The summed E-state index contributed by atoms with van der Waals surface area (Å²) in [6.07, 6.45) is 3.56. The van der Waals surface area contributed by atoms with E-state index < -0.39 is 0 Å². The standard InChI is InChI=1S/C10H16N2O2/c1-2-7-6-10(14)12(11-7)8-4-3-5-9(8)13/h8-9,13H,2-6H2,1H3. The summed E-state index contributed by atoms with van der Waals surface area (Å²) >= 11 is 0. The predicted molar refractivity (Wildman–Crippen MR) is 52.8 cm³/mol. The van der Waals surface area contributed by atoms with E-state index in [1.165, 1.54) is 5.01 Å². The largest absolute Gasteiger partial charge is 0.391 e. The van der Waals surface area contributed by atoms with Crippen LogP contribution in [0.5, 0.6) is 0 Å². The van der Waals surface area contributed by atoms with Crippen molar-refractivity contribution in [3.8, 4) is 0 Å². The summed E-state index contributed by atoms with van der Waals surface area (Å²) in [5.41, 5.74) is 0.939. The molecule has 1 saturated carbocycles. The zero-order chi connectivity index (χ0) is 10.1. The average Bonchev–Trinajstić information content (AvgIpc) is 2.72. The highest BCUT2D eigenvalue weighted by atomic mass is 16.3. The zero-order valence-corrected chi connectivity index (χ0v) is 8.44. The van der Waals surface area contributed by atoms with Gasteiger partial charge in [-0.3, -0.25) is 4.79 Å². The van der Waals surface area contributed by atoms with Crippen molar-refractivity contribution in [2.24, 2.45) is 5.10 Å². The molecule has 1 heterocycles. The number of nitrogens with zero attached hydrogens (tertiary/aromatic N) is 2. The minimum absolute atomic E-state index is 0.0489. The van der Waals surface area contributed by atoms with Gasteiger partial charge in [-0.25, -0.2) is 5.01 Å². The third-order valence-corrected chi connectivity index (χ3v) is 3.03. The van der Waals surface area contributed by atoms with Crippen LogP contribution in [0.3, 0.4) is 0 Å². The second-order valence-corrected chi connectivity index (χ2v) is 4.00. The van der Waals surface area contributed by atoms with Crippen molar-refractivity contribution in [3.05, 3.63) is 0 Å². The van der Waals surface area contributed by atoms with Crippen LogP contribution in [0.15, 0.2) is 5.10 Å². The minimum Gasteiger partial charge on any atom is -0.391 e. The van der Waals surface area contributed by atoms with Crippen molar-refractivity contribution >= 4 is 11.6 Å². The van der Waals surface area contributed by atoms with E-state index in [2.05, 4.69) is 5.10 Å². The molecule has 4 nitrogen and oxygen atoms in total. The SMILES string of the molecule is CCC1=NN(C2CCCC2O)C(=O)C1. The number of rotatable bonds is 2. The van der Waals surface area contributed by atoms with Gasteiger partial charge in [-0.2, -0.15) is 5.10 Å². The zero-order valence-electron chi connectivity index (χ0n) is 8.44. The Balaban J connectivity index is 2.10. The summed E-state index contributed by atoms with van der Waals surface area (Å²) < 4.78 is 0. The summed E-state index contributed by atoms with van der Waals surface area (Å²) in [5, 5.41) is 15.4. The lowest BCUT2D eigenvalue weighted by Gasteiger charge is -2.22. The molecule has 0 aromatic heterocycles. The van der Waals surface area contributed by atoms with E-state index in [0.717, 1.165) is 31.4 Å². The van der Waals surface area contributed by atoms with Crippen LogP contribution in [-0.2, 0) is 4.79 Å². The smallest absolute Gasteiger partial charge is 0.248 e. The molecule has 1 fully saturated rings. The number of amides is 1. The molecule has 2 aliphatic rings. The third kappa shape index (κ3) is 1.54. The van der Waals surface area contributed by atoms with E-state index >= 15 is 0 Å². The van der Waals surface area contributed by atoms with Gasteiger partial charge >= 0.3 is 0 Å². The van der Waals surface area contributed by atoms with Crippen LogP contribution in [0, 0.1) is 0 Å². The summed E-state index contributed by atoms with van der Waals surface area (Å²) in [6, 6.07) is -0.0634. The van der Waals surface area contributed by atoms with Gasteiger partial charge in [0.1, 0.15) is 0 Å². The maximum atomic E-state index is 11.6. The van der Waals surface area contributed by atoms with Crippen LogP contribution in [0.4, 0.5) is 0 Å². The van der Waals surface area contributed by atoms with Gasteiger partial charge in [0, 0.05) is 5.71 Å². The van der Waals surface area contributed by atoms with E-state index in [0.29, 0.717) is 6.42 Å². The van der Waals surface area contributed by atoms with E-state index in [1.807, 2.05) is 6.92 Å². The second kappa shape index (κ2) is 3.69. The number of aliphatic hydroxyl groups excluding tert-OH is 1. The van der Waals surface area contributed by atoms with Crippen molar-refractivity contribution in [3.63, 3.8) is 0 Å². The highest BCUT2D eigenvalue weighted by Crippen LogP contribution is 2.27. The van der Waals surface area contributed by atoms with Gasteiger partial charge in [-0.05, 0) is 25.7 Å². The van der Waals surface area contributed by atoms with E-state index in [4.69, 9.17) is 0 Å². The average molecular weight is 196 g/mol. The van der Waals surface area contributed by atoms with Crippen LogP contribution in [0.1, 0.15) is 39.0 Å². The van der Waals surface area contributed by atoms with Gasteiger partial charge in [-0.15, -0.1) is 0 Å². The van der Waals surface area contributed by atoms with Gasteiger partial charge in [0.2, 0.25) is 5.91 Å². The summed E-state index contributed by atoms with van der Waals surface area (Å²) in [6.45, 7) is 2.00. The lowest BCUT2D eigenvalue weighted by atomic mass is 10.2. The maximum Gasteiger partial charge on any atom is 0.248 e. The monoisotopic (exact) mass is 196 g/mol. The Bertz CT molecular complexity index is 275. The lowest BCUT2D eigenvalue weighted by molar-refractivity contribution is -0.132. The van der Waals surface area contributed by atoms with Crippen LogP contribution < -0.4 is 0 Å². The molecule has 2 atom stereocenters. The van der Waals surface area contributed by atoms with Crippen molar-refractivity contribution in [2.75, 3.05) is 0 Å². The molecule has 78 valence electrons. The highest BCUT2D eigenvalue weighted by molar-refractivity contribution is 6.04. The molecule has 0 spiro atoms. The summed E-state index contributed by atoms with van der Waals surface area (Å²) in [4.78, 5) is 11.6. The fraction of sp³-hybridized carbons (Fsp3) is 0.800. The first kappa shape index (κ1) is 9.65. The molecule has 2 unspecified atom stereocenters. The van der Waals surface area contributed by atoms with E-state index in [-0.39, 0.29) is 18.1 Å². The van der Waals surface area contributed by atoms with Crippen molar-refractivity contribution in [1.82, 2.24) is 5.01 Å². The first-order valence-electron chi connectivity index (χ1n) is 5.29. The Labute approximate surface area is 83.6 Å². The number of hydrogen-bond donors (Lipinski definition) is 1. The molecule has 1 amide bonds. The third-order valence-electron chi connectivity index (χ3n) is 3.03. The van der Waals surface area contributed by atoms with Gasteiger partial charge in [-0.1, -0.05) is 6.92 Å². The Morgan fingerprint density at radius 3 is 2.86 bits per heavy atom. The molecule has 1 aliphatic heterocycles. The first-order valence-corrected chi connectivity index (χ1v) is 5.29. The molecule has 4 heteroatoms. The minimum atomic E-state index is -0.376. The number of hydrazone groups is 1. The fourth-order valence-electron chi connectivity index (χ4n) is 2.16. The molecule has 1 N–H and O–H groups in total. The van der Waals surface area contributed by atoms with Crippen LogP contribution in [0.2, 0.25) is 0 Å². The lowest BCUT2D eigenvalue weighted by Crippen LogP contribution is -2.38. The maximum absolute atomic E-state index is 11.6. The first-order chi connectivity index (χ1) is 6.72. The molecular weight excluding hydrogens is 180 g/mol. The number of carbonyl (C=O) groups excluding carboxylic acids is 1. The Morgan fingerprint density at radius 2 is 2.36 bits per heavy atom. The Hall–Kier alpha value is -0.900. The highest BCUT2D eigenvalue weighted by Gasteiger charge is 2.36. The van der Waals surface area contributed by atoms with Gasteiger partial charge in [0.05, 0.1) is 18.6 Å². The molecule has 0 aromatic carbocycles. The van der Waals surface area contributed by atoms with Crippen LogP contribution in [0.25, 0.3) is 0 Å². The fourth-order valence-corrected chi connectivity index (χ4v) is 2.16. The molecule has 0 aromatic rings. The van der Waals surface area contributed by atoms with E-state index in [1.54, 1.807) is 0 Å². The van der Waals surface area contributed by atoms with Crippen molar-refractivity contribution in [1.29, 1.82) is 0 Å². The number of hydrogen-bond acceptors (Lipinski definition) is 3. The molecule has 0 saturated heterocycles. The van der Waals surface area contributed by atoms with Crippen molar-refractivity contribution < 1.29 is 9.90 Å². The summed E-state index contributed by atoms with van der Waals surface area (Å²) in [7, 11) is 0. The Kier molecular flexibility index (Phi) is 2.54. The van der Waals surface area contributed by atoms with Gasteiger partial charge in [0.15, 0.2) is 0 Å².